The van der Waals surface area contributed by atoms with Gasteiger partial charge in [0.1, 0.15) is 5.82 Å². The highest BCUT2D eigenvalue weighted by Crippen LogP contribution is 2.19. The lowest BCUT2D eigenvalue weighted by Gasteiger charge is -2.31. The fourth-order valence-electron chi connectivity index (χ4n) is 2.35. The summed E-state index contributed by atoms with van der Waals surface area (Å²) in [4.78, 5) is 14.0. The number of aryl methyl sites for hydroxylation is 1. The summed E-state index contributed by atoms with van der Waals surface area (Å²) < 4.78 is 13.6. The molecule has 0 bridgehead atoms. The molecule has 1 fully saturated rings. The van der Waals surface area contributed by atoms with Crippen molar-refractivity contribution in [1.29, 1.82) is 0 Å². The molecule has 92 valence electrons. The molecule has 1 amide bonds. The van der Waals surface area contributed by atoms with Crippen molar-refractivity contribution in [1.82, 2.24) is 4.90 Å². The van der Waals surface area contributed by atoms with E-state index in [2.05, 4.69) is 6.92 Å². The normalized spacial score (nSPS) is 20.4. The van der Waals surface area contributed by atoms with E-state index in [9.17, 15) is 9.18 Å². The van der Waals surface area contributed by atoms with Crippen LogP contribution in [0.5, 0.6) is 0 Å². The molecule has 1 unspecified atom stereocenters. The number of hydrogen-bond donors (Lipinski definition) is 0. The Kier molecular flexibility index (Phi) is 3.46. The standard InChI is InChI=1S/C14H18FNO/c1-10-5-6-13(15)12(8-10)14(17)16-7-3-4-11(2)9-16/h5-6,8,11H,3-4,7,9H2,1-2H3. The van der Waals surface area contributed by atoms with Crippen molar-refractivity contribution in [3.8, 4) is 0 Å². The zero-order valence-electron chi connectivity index (χ0n) is 10.4. The summed E-state index contributed by atoms with van der Waals surface area (Å²) in [7, 11) is 0. The molecule has 0 aromatic heterocycles. The SMILES string of the molecule is Cc1ccc(F)c(C(=O)N2CCCC(C)C2)c1. The van der Waals surface area contributed by atoms with Gasteiger partial charge < -0.3 is 4.90 Å². The van der Waals surface area contributed by atoms with Crippen LogP contribution in [0.15, 0.2) is 18.2 Å². The van der Waals surface area contributed by atoms with E-state index < -0.39 is 5.82 Å². The van der Waals surface area contributed by atoms with Crippen LogP contribution in [0.4, 0.5) is 4.39 Å². The van der Waals surface area contributed by atoms with Crippen LogP contribution in [0, 0.1) is 18.7 Å². The van der Waals surface area contributed by atoms with Gasteiger partial charge in [0, 0.05) is 13.1 Å². The third kappa shape index (κ3) is 2.65. The number of amides is 1. The molecule has 1 aliphatic heterocycles. The van der Waals surface area contributed by atoms with Crippen molar-refractivity contribution >= 4 is 5.91 Å². The number of carbonyl (C=O) groups excluding carboxylic acids is 1. The van der Waals surface area contributed by atoms with Gasteiger partial charge in [-0.1, -0.05) is 18.6 Å². The largest absolute Gasteiger partial charge is 0.338 e. The number of rotatable bonds is 1. The topological polar surface area (TPSA) is 20.3 Å². The minimum Gasteiger partial charge on any atom is -0.338 e. The number of piperidine rings is 1. The van der Waals surface area contributed by atoms with E-state index in [1.807, 2.05) is 6.92 Å². The molecule has 3 heteroatoms. The summed E-state index contributed by atoms with van der Waals surface area (Å²) in [6.45, 7) is 5.49. The van der Waals surface area contributed by atoms with Crippen molar-refractivity contribution < 1.29 is 9.18 Å². The molecular formula is C14H18FNO. The average Bonchev–Trinajstić information content (AvgIpc) is 2.31. The summed E-state index contributed by atoms with van der Waals surface area (Å²) >= 11 is 0. The molecule has 1 saturated heterocycles. The molecule has 0 aliphatic carbocycles. The smallest absolute Gasteiger partial charge is 0.256 e. The maximum Gasteiger partial charge on any atom is 0.256 e. The highest BCUT2D eigenvalue weighted by Gasteiger charge is 2.23. The lowest BCUT2D eigenvalue weighted by atomic mass is 9.99. The first-order chi connectivity index (χ1) is 8.08. The molecule has 0 saturated carbocycles. The predicted octanol–water partition coefficient (Wildman–Crippen LogP) is 3.01. The summed E-state index contributed by atoms with van der Waals surface area (Å²) in [6.07, 6.45) is 2.17. The van der Waals surface area contributed by atoms with Gasteiger partial charge in [0.25, 0.3) is 5.91 Å². The Morgan fingerprint density at radius 1 is 1.47 bits per heavy atom. The van der Waals surface area contributed by atoms with E-state index in [4.69, 9.17) is 0 Å². The lowest BCUT2D eigenvalue weighted by Crippen LogP contribution is -2.39. The van der Waals surface area contributed by atoms with Gasteiger partial charge in [-0.2, -0.15) is 0 Å². The second-order valence-corrected chi connectivity index (χ2v) is 4.98. The van der Waals surface area contributed by atoms with Gasteiger partial charge >= 0.3 is 0 Å². The Balaban J connectivity index is 2.21. The molecule has 1 aromatic carbocycles. The minimum absolute atomic E-state index is 0.169. The van der Waals surface area contributed by atoms with Crippen molar-refractivity contribution in [2.24, 2.45) is 5.92 Å². The van der Waals surface area contributed by atoms with Gasteiger partial charge in [0.2, 0.25) is 0 Å². The predicted molar refractivity (Wildman–Crippen MR) is 65.4 cm³/mol. The van der Waals surface area contributed by atoms with Crippen molar-refractivity contribution in [3.63, 3.8) is 0 Å². The van der Waals surface area contributed by atoms with Gasteiger partial charge in [-0.15, -0.1) is 0 Å². The molecule has 17 heavy (non-hydrogen) atoms. The van der Waals surface area contributed by atoms with Crippen LogP contribution in [0.3, 0.4) is 0 Å². The van der Waals surface area contributed by atoms with Crippen LogP contribution in [-0.2, 0) is 0 Å². The summed E-state index contributed by atoms with van der Waals surface area (Å²) in [5.41, 5.74) is 1.12. The maximum absolute atomic E-state index is 13.6. The number of benzene rings is 1. The number of carbonyl (C=O) groups is 1. The van der Waals surface area contributed by atoms with Crippen LogP contribution in [0.2, 0.25) is 0 Å². The van der Waals surface area contributed by atoms with Gasteiger partial charge in [0.05, 0.1) is 5.56 Å². The van der Waals surface area contributed by atoms with E-state index in [1.165, 1.54) is 6.07 Å². The second kappa shape index (κ2) is 4.86. The number of likely N-dealkylation sites (tertiary alicyclic amines) is 1. The second-order valence-electron chi connectivity index (χ2n) is 4.98. The lowest BCUT2D eigenvalue weighted by molar-refractivity contribution is 0.0678. The van der Waals surface area contributed by atoms with E-state index in [0.717, 1.165) is 31.5 Å². The molecule has 2 nitrogen and oxygen atoms in total. The minimum atomic E-state index is -0.418. The molecule has 0 N–H and O–H groups in total. The molecule has 1 aliphatic rings. The summed E-state index contributed by atoms with van der Waals surface area (Å²) in [6, 6.07) is 4.69. The van der Waals surface area contributed by atoms with Gasteiger partial charge in [0.15, 0.2) is 0 Å². The van der Waals surface area contributed by atoms with E-state index in [0.29, 0.717) is 5.92 Å². The highest BCUT2D eigenvalue weighted by molar-refractivity contribution is 5.94. The third-order valence-corrected chi connectivity index (χ3v) is 3.30. The molecule has 1 heterocycles. The molecule has 1 atom stereocenters. The number of nitrogens with zero attached hydrogens (tertiary/aromatic N) is 1. The molecular weight excluding hydrogens is 217 g/mol. The quantitative estimate of drug-likeness (QED) is 0.732. The number of hydrogen-bond acceptors (Lipinski definition) is 1. The van der Waals surface area contributed by atoms with Crippen LogP contribution in [-0.4, -0.2) is 23.9 Å². The first-order valence-electron chi connectivity index (χ1n) is 6.13. The van der Waals surface area contributed by atoms with Gasteiger partial charge in [-0.3, -0.25) is 4.79 Å². The first kappa shape index (κ1) is 12.1. The fraction of sp³-hybridized carbons (Fsp3) is 0.500. The maximum atomic E-state index is 13.6. The Bertz CT molecular complexity index is 430. The van der Waals surface area contributed by atoms with Gasteiger partial charge in [-0.05, 0) is 37.8 Å². The van der Waals surface area contributed by atoms with Crippen molar-refractivity contribution in [2.45, 2.75) is 26.7 Å². The van der Waals surface area contributed by atoms with Crippen LogP contribution < -0.4 is 0 Å². The molecule has 1 aromatic rings. The van der Waals surface area contributed by atoms with E-state index in [1.54, 1.807) is 17.0 Å². The third-order valence-electron chi connectivity index (χ3n) is 3.30. The molecule has 0 radical (unpaired) electrons. The fourth-order valence-corrected chi connectivity index (χ4v) is 2.35. The average molecular weight is 235 g/mol. The Morgan fingerprint density at radius 2 is 2.24 bits per heavy atom. The molecule has 0 spiro atoms. The van der Waals surface area contributed by atoms with Crippen molar-refractivity contribution in [2.75, 3.05) is 13.1 Å². The van der Waals surface area contributed by atoms with E-state index in [-0.39, 0.29) is 11.5 Å². The van der Waals surface area contributed by atoms with E-state index >= 15 is 0 Å². The van der Waals surface area contributed by atoms with Gasteiger partial charge in [-0.25, -0.2) is 4.39 Å². The summed E-state index contributed by atoms with van der Waals surface area (Å²) in [5, 5.41) is 0. The zero-order chi connectivity index (χ0) is 12.4. The molecule has 2 rings (SSSR count). The zero-order valence-corrected chi connectivity index (χ0v) is 10.4. The Hall–Kier alpha value is -1.38. The first-order valence-corrected chi connectivity index (χ1v) is 6.13. The summed E-state index contributed by atoms with van der Waals surface area (Å²) in [5.74, 6) is -0.0721. The van der Waals surface area contributed by atoms with Crippen LogP contribution in [0.1, 0.15) is 35.7 Å². The monoisotopic (exact) mass is 235 g/mol. The Labute approximate surface area is 101 Å². The van der Waals surface area contributed by atoms with Crippen molar-refractivity contribution in [3.05, 3.63) is 35.1 Å². The van der Waals surface area contributed by atoms with Crippen LogP contribution in [0.25, 0.3) is 0 Å². The Morgan fingerprint density at radius 3 is 2.94 bits per heavy atom. The highest BCUT2D eigenvalue weighted by atomic mass is 19.1. The van der Waals surface area contributed by atoms with Crippen LogP contribution >= 0.6 is 0 Å². The number of halogens is 1.